The van der Waals surface area contributed by atoms with E-state index < -0.39 is 21.6 Å². The third kappa shape index (κ3) is 2.79. The van der Waals surface area contributed by atoms with Gasteiger partial charge in [0.1, 0.15) is 0 Å². The van der Waals surface area contributed by atoms with Gasteiger partial charge in [-0.15, -0.1) is 0 Å². The molecule has 6 atom stereocenters. The minimum atomic E-state index is -3.66. The van der Waals surface area contributed by atoms with Crippen molar-refractivity contribution in [3.63, 3.8) is 0 Å². The summed E-state index contributed by atoms with van der Waals surface area (Å²) in [6, 6.07) is 0. The lowest BCUT2D eigenvalue weighted by molar-refractivity contribution is -0.142. The van der Waals surface area contributed by atoms with Crippen LogP contribution < -0.4 is 0 Å². The molecule has 4 aliphatic carbocycles. The lowest BCUT2D eigenvalue weighted by Gasteiger charge is -2.58. The molecule has 6 heteroatoms. The summed E-state index contributed by atoms with van der Waals surface area (Å²) in [6.45, 7) is 8.11. The normalized spacial score (nSPS) is 44.4. The van der Waals surface area contributed by atoms with Gasteiger partial charge in [-0.25, -0.2) is 0 Å². The molecule has 4 aliphatic rings. The Labute approximate surface area is 161 Å². The fourth-order valence-electron chi connectivity index (χ4n) is 6.71. The molecule has 0 radical (unpaired) electrons. The Morgan fingerprint density at radius 2 is 1.89 bits per heavy atom. The van der Waals surface area contributed by atoms with E-state index in [1.54, 1.807) is 6.08 Å². The Bertz CT molecular complexity index is 869. The Hall–Kier alpha value is -1.27. The van der Waals surface area contributed by atoms with Gasteiger partial charge in [0.2, 0.25) is 0 Å². The molecular formula is C21H28O5S. The van der Waals surface area contributed by atoms with Crippen LogP contribution in [0.25, 0.3) is 0 Å². The van der Waals surface area contributed by atoms with Crippen LogP contribution in [-0.4, -0.2) is 32.3 Å². The van der Waals surface area contributed by atoms with E-state index in [2.05, 4.69) is 13.5 Å². The van der Waals surface area contributed by atoms with Crippen LogP contribution in [-0.2, 0) is 23.9 Å². The van der Waals surface area contributed by atoms with Crippen LogP contribution in [0.4, 0.5) is 0 Å². The molecule has 0 saturated heterocycles. The summed E-state index contributed by atoms with van der Waals surface area (Å²) in [4.78, 5) is 24.9. The molecule has 3 saturated carbocycles. The quantitative estimate of drug-likeness (QED) is 0.533. The maximum absolute atomic E-state index is 12.9. The largest absolute Gasteiger partial charge is 0.295 e. The Morgan fingerprint density at radius 3 is 2.56 bits per heavy atom. The van der Waals surface area contributed by atoms with Gasteiger partial charge in [0.05, 0.1) is 12.4 Å². The zero-order valence-electron chi connectivity index (χ0n) is 16.3. The number of Topliss-reactive ketones (excluding diaryl/α,β-unsaturated/α-hetero) is 1. The smallest absolute Gasteiger partial charge is 0.264 e. The summed E-state index contributed by atoms with van der Waals surface area (Å²) < 4.78 is 29.7. The highest BCUT2D eigenvalue weighted by Crippen LogP contribution is 2.65. The van der Waals surface area contributed by atoms with E-state index in [1.807, 2.05) is 6.92 Å². The molecule has 148 valence electrons. The molecule has 0 aromatic rings. The van der Waals surface area contributed by atoms with Gasteiger partial charge in [-0.1, -0.05) is 26.0 Å². The summed E-state index contributed by atoms with van der Waals surface area (Å²) in [5, 5.41) is 0. The van der Waals surface area contributed by atoms with E-state index in [9.17, 15) is 18.0 Å². The number of hydrogen-bond acceptors (Lipinski definition) is 5. The van der Waals surface area contributed by atoms with Crippen molar-refractivity contribution in [2.45, 2.75) is 58.5 Å². The van der Waals surface area contributed by atoms with Gasteiger partial charge in [0.25, 0.3) is 10.1 Å². The van der Waals surface area contributed by atoms with Gasteiger partial charge in [0.15, 0.2) is 11.6 Å². The van der Waals surface area contributed by atoms with Gasteiger partial charge in [0, 0.05) is 11.8 Å². The second-order valence-electron chi connectivity index (χ2n) is 9.49. The molecule has 0 aromatic carbocycles. The van der Waals surface area contributed by atoms with E-state index in [-0.39, 0.29) is 34.7 Å². The molecular weight excluding hydrogens is 364 g/mol. The lowest BCUT2D eigenvalue weighted by atomic mass is 9.46. The van der Waals surface area contributed by atoms with Crippen molar-refractivity contribution in [3.05, 3.63) is 23.8 Å². The summed E-state index contributed by atoms with van der Waals surface area (Å²) in [6.07, 6.45) is 6.33. The first-order valence-electron chi connectivity index (χ1n) is 9.80. The molecule has 27 heavy (non-hydrogen) atoms. The van der Waals surface area contributed by atoms with Crippen LogP contribution in [0.15, 0.2) is 23.8 Å². The monoisotopic (exact) mass is 392 g/mol. The summed E-state index contributed by atoms with van der Waals surface area (Å²) >= 11 is 0. The van der Waals surface area contributed by atoms with Crippen molar-refractivity contribution in [2.75, 3.05) is 6.26 Å². The van der Waals surface area contributed by atoms with Crippen molar-refractivity contribution in [2.24, 2.45) is 28.6 Å². The summed E-state index contributed by atoms with van der Waals surface area (Å²) in [5.74, 6) is 0.606. The number of rotatable bonds is 2. The highest BCUT2D eigenvalue weighted by atomic mass is 32.2. The van der Waals surface area contributed by atoms with E-state index in [4.69, 9.17) is 4.18 Å². The van der Waals surface area contributed by atoms with E-state index in [1.165, 1.54) is 0 Å². The minimum Gasteiger partial charge on any atom is -0.295 e. The molecule has 0 spiro atoms. The molecule has 0 amide bonds. The van der Waals surface area contributed by atoms with Gasteiger partial charge in [-0.3, -0.25) is 13.8 Å². The Kier molecular flexibility index (Phi) is 4.14. The first-order valence-corrected chi connectivity index (χ1v) is 11.6. The number of hydrogen-bond donors (Lipinski definition) is 0. The van der Waals surface area contributed by atoms with Crippen LogP contribution in [0.2, 0.25) is 0 Å². The Balaban J connectivity index is 1.82. The molecule has 0 unspecified atom stereocenters. The molecule has 0 heterocycles. The van der Waals surface area contributed by atoms with E-state index in [0.29, 0.717) is 24.8 Å². The first kappa shape index (κ1) is 19.1. The average molecular weight is 393 g/mol. The average Bonchev–Trinajstić information content (AvgIpc) is 2.77. The van der Waals surface area contributed by atoms with Crippen molar-refractivity contribution < 1.29 is 22.2 Å². The zero-order valence-corrected chi connectivity index (χ0v) is 17.1. The SMILES string of the molecule is C=C1C[C@H]2[C@@H]3CCC4=CC(=O)CC[C@]4(C)[C@H]3[C@H](OS(C)(=O)=O)C[C@]2(C)C1=O. The summed E-state index contributed by atoms with van der Waals surface area (Å²) in [7, 11) is -3.66. The topological polar surface area (TPSA) is 77.5 Å². The number of allylic oxidation sites excluding steroid dienone is 2. The van der Waals surface area contributed by atoms with Crippen molar-refractivity contribution in [1.82, 2.24) is 0 Å². The van der Waals surface area contributed by atoms with E-state index >= 15 is 0 Å². The molecule has 0 bridgehead atoms. The minimum absolute atomic E-state index is 0.00269. The van der Waals surface area contributed by atoms with Crippen LogP contribution in [0.5, 0.6) is 0 Å². The van der Waals surface area contributed by atoms with Crippen LogP contribution in [0, 0.1) is 28.6 Å². The fraction of sp³-hybridized carbons (Fsp3) is 0.714. The van der Waals surface area contributed by atoms with Crippen LogP contribution in [0.1, 0.15) is 52.4 Å². The number of carbonyl (C=O) groups is 2. The molecule has 0 aromatic heterocycles. The molecule has 3 fully saturated rings. The first-order chi connectivity index (χ1) is 12.5. The van der Waals surface area contributed by atoms with Gasteiger partial charge < -0.3 is 0 Å². The number of fused-ring (bicyclic) bond motifs is 5. The summed E-state index contributed by atoms with van der Waals surface area (Å²) in [5.41, 5.74) is 0.941. The Morgan fingerprint density at radius 1 is 1.19 bits per heavy atom. The zero-order chi connectivity index (χ0) is 19.8. The predicted molar refractivity (Wildman–Crippen MR) is 101 cm³/mol. The van der Waals surface area contributed by atoms with Crippen molar-refractivity contribution in [1.29, 1.82) is 0 Å². The molecule has 0 N–H and O–H groups in total. The molecule has 0 aliphatic heterocycles. The maximum Gasteiger partial charge on any atom is 0.264 e. The maximum atomic E-state index is 12.9. The fourth-order valence-corrected chi connectivity index (χ4v) is 7.35. The van der Waals surface area contributed by atoms with Crippen molar-refractivity contribution in [3.8, 4) is 0 Å². The number of carbonyl (C=O) groups excluding carboxylic acids is 2. The molecule has 4 rings (SSSR count). The van der Waals surface area contributed by atoms with E-state index in [0.717, 1.165) is 31.1 Å². The molecule has 5 nitrogen and oxygen atoms in total. The van der Waals surface area contributed by atoms with Gasteiger partial charge >= 0.3 is 0 Å². The third-order valence-electron chi connectivity index (χ3n) is 7.87. The third-order valence-corrected chi connectivity index (χ3v) is 8.47. The highest BCUT2D eigenvalue weighted by Gasteiger charge is 2.63. The lowest BCUT2D eigenvalue weighted by Crippen LogP contribution is -2.57. The van der Waals surface area contributed by atoms with Crippen LogP contribution in [0.3, 0.4) is 0 Å². The highest BCUT2D eigenvalue weighted by molar-refractivity contribution is 7.86. The number of ketones is 2. The van der Waals surface area contributed by atoms with Gasteiger partial charge in [-0.05, 0) is 66.9 Å². The second kappa shape index (κ2) is 5.86. The van der Waals surface area contributed by atoms with Gasteiger partial charge in [-0.2, -0.15) is 8.42 Å². The van der Waals surface area contributed by atoms with Crippen LogP contribution >= 0.6 is 0 Å². The predicted octanol–water partition coefficient (Wildman–Crippen LogP) is 3.21. The van der Waals surface area contributed by atoms with Crippen molar-refractivity contribution >= 4 is 21.7 Å². The second-order valence-corrected chi connectivity index (χ2v) is 11.1. The standard InChI is InChI=1S/C21H28O5S/c1-12-9-16-15-6-5-13-10-14(22)7-8-20(13,2)18(15)17(26-27(4,24)25)11-21(16,3)19(12)23/h10,15-18H,1,5-9,11H2,2-4H3/t15-,16-,17+,18+,20-,21-/m0/s1.